The first-order valence-electron chi connectivity index (χ1n) is 7.29. The van der Waals surface area contributed by atoms with Gasteiger partial charge in [0.15, 0.2) is 0 Å². The molecule has 1 aromatic heterocycles. The lowest BCUT2D eigenvalue weighted by Gasteiger charge is -2.32. The average Bonchev–Trinajstić information content (AvgIpc) is 2.53. The van der Waals surface area contributed by atoms with Crippen LogP contribution in [-0.4, -0.2) is 53.8 Å². The standard InChI is InChI=1S/C15H20N4O2/c1-11(19-6-8-21-9-7-19)10-16-15-17-13-5-3-2-4-12(13)14(20)18-15/h2-5,11H,6-10H2,1H3,(H2,16,17,18,20)/t11-/m1/s1. The van der Waals surface area contributed by atoms with E-state index in [1.54, 1.807) is 6.07 Å². The highest BCUT2D eigenvalue weighted by Gasteiger charge is 2.16. The van der Waals surface area contributed by atoms with Gasteiger partial charge in [0.2, 0.25) is 5.95 Å². The van der Waals surface area contributed by atoms with Crippen molar-refractivity contribution >= 4 is 16.9 Å². The molecule has 1 fully saturated rings. The molecule has 0 unspecified atom stereocenters. The maximum absolute atomic E-state index is 12.0. The number of rotatable bonds is 4. The molecule has 6 nitrogen and oxygen atoms in total. The molecule has 112 valence electrons. The number of fused-ring (bicyclic) bond motifs is 1. The quantitative estimate of drug-likeness (QED) is 0.880. The Morgan fingerprint density at radius 2 is 2.14 bits per heavy atom. The van der Waals surface area contributed by atoms with Gasteiger partial charge >= 0.3 is 0 Å². The van der Waals surface area contributed by atoms with Crippen molar-refractivity contribution in [3.05, 3.63) is 34.6 Å². The third-order valence-electron chi connectivity index (χ3n) is 3.85. The van der Waals surface area contributed by atoms with E-state index in [1.165, 1.54) is 0 Å². The van der Waals surface area contributed by atoms with Gasteiger partial charge in [-0.1, -0.05) is 12.1 Å². The average molecular weight is 288 g/mol. The Kier molecular flexibility index (Phi) is 4.17. The van der Waals surface area contributed by atoms with Gasteiger partial charge in [0.25, 0.3) is 5.56 Å². The summed E-state index contributed by atoms with van der Waals surface area (Å²) >= 11 is 0. The number of H-pyrrole nitrogens is 1. The third kappa shape index (κ3) is 3.22. The zero-order valence-electron chi connectivity index (χ0n) is 12.1. The number of nitrogens with zero attached hydrogens (tertiary/aromatic N) is 2. The number of para-hydroxylation sites is 1. The lowest BCUT2D eigenvalue weighted by Crippen LogP contribution is -2.45. The van der Waals surface area contributed by atoms with Crippen LogP contribution in [0.1, 0.15) is 6.92 Å². The molecule has 21 heavy (non-hydrogen) atoms. The van der Waals surface area contributed by atoms with Crippen molar-refractivity contribution in [3.8, 4) is 0 Å². The summed E-state index contributed by atoms with van der Waals surface area (Å²) < 4.78 is 5.35. The predicted molar refractivity (Wildman–Crippen MR) is 82.7 cm³/mol. The van der Waals surface area contributed by atoms with Gasteiger partial charge in [-0.05, 0) is 19.1 Å². The Morgan fingerprint density at radius 1 is 1.38 bits per heavy atom. The van der Waals surface area contributed by atoms with Gasteiger partial charge in [0, 0.05) is 25.7 Å². The number of aromatic nitrogens is 2. The molecule has 6 heteroatoms. The second-order valence-corrected chi connectivity index (χ2v) is 5.31. The van der Waals surface area contributed by atoms with Crippen molar-refractivity contribution in [2.75, 3.05) is 38.2 Å². The van der Waals surface area contributed by atoms with E-state index in [2.05, 4.69) is 27.1 Å². The first-order chi connectivity index (χ1) is 10.2. The lowest BCUT2D eigenvalue weighted by molar-refractivity contribution is 0.0227. The summed E-state index contributed by atoms with van der Waals surface area (Å²) in [5.74, 6) is 0.527. The highest BCUT2D eigenvalue weighted by Crippen LogP contribution is 2.09. The molecule has 1 saturated heterocycles. The summed E-state index contributed by atoms with van der Waals surface area (Å²) in [6, 6.07) is 7.72. The van der Waals surface area contributed by atoms with E-state index in [9.17, 15) is 4.79 Å². The first-order valence-corrected chi connectivity index (χ1v) is 7.29. The van der Waals surface area contributed by atoms with Crippen molar-refractivity contribution in [2.24, 2.45) is 0 Å². The molecule has 1 aliphatic rings. The SMILES string of the molecule is C[C@H](CNc1nc2ccccc2c(=O)[nH]1)N1CCOCC1. The van der Waals surface area contributed by atoms with Crippen LogP contribution in [0.5, 0.6) is 0 Å². The van der Waals surface area contributed by atoms with Crippen LogP contribution in [0.4, 0.5) is 5.95 Å². The third-order valence-corrected chi connectivity index (χ3v) is 3.85. The Morgan fingerprint density at radius 3 is 2.95 bits per heavy atom. The molecule has 0 bridgehead atoms. The van der Waals surface area contributed by atoms with Crippen molar-refractivity contribution in [1.82, 2.24) is 14.9 Å². The number of hydrogen-bond acceptors (Lipinski definition) is 5. The van der Waals surface area contributed by atoms with Gasteiger partial charge in [-0.15, -0.1) is 0 Å². The zero-order chi connectivity index (χ0) is 14.7. The number of anilines is 1. The molecule has 2 N–H and O–H groups in total. The molecule has 1 aromatic carbocycles. The molecular formula is C15H20N4O2. The zero-order valence-corrected chi connectivity index (χ0v) is 12.1. The Hall–Kier alpha value is -1.92. The minimum absolute atomic E-state index is 0.109. The van der Waals surface area contributed by atoms with Crippen LogP contribution in [0.25, 0.3) is 10.9 Å². The largest absolute Gasteiger partial charge is 0.379 e. The predicted octanol–water partition coefficient (Wildman–Crippen LogP) is 1.06. The van der Waals surface area contributed by atoms with E-state index in [0.29, 0.717) is 22.9 Å². The van der Waals surface area contributed by atoms with Crippen LogP contribution in [0.2, 0.25) is 0 Å². The number of ether oxygens (including phenoxy) is 1. The Bertz CT molecular complexity index is 664. The number of morpholine rings is 1. The smallest absolute Gasteiger partial charge is 0.260 e. The van der Waals surface area contributed by atoms with E-state index < -0.39 is 0 Å². The Balaban J connectivity index is 1.69. The van der Waals surface area contributed by atoms with Gasteiger partial charge < -0.3 is 10.1 Å². The molecule has 0 amide bonds. The van der Waals surface area contributed by atoms with Gasteiger partial charge in [0.05, 0.1) is 24.1 Å². The molecular weight excluding hydrogens is 268 g/mol. The fourth-order valence-electron chi connectivity index (χ4n) is 2.56. The van der Waals surface area contributed by atoms with E-state index in [-0.39, 0.29) is 5.56 Å². The second kappa shape index (κ2) is 6.24. The van der Waals surface area contributed by atoms with Crippen molar-refractivity contribution in [3.63, 3.8) is 0 Å². The maximum atomic E-state index is 12.0. The van der Waals surface area contributed by atoms with Crippen LogP contribution in [-0.2, 0) is 4.74 Å². The number of nitrogens with one attached hydrogen (secondary N) is 2. The summed E-state index contributed by atoms with van der Waals surface area (Å²) in [5, 5.41) is 3.84. The number of aromatic amines is 1. The number of hydrogen-bond donors (Lipinski definition) is 2. The molecule has 1 atom stereocenters. The van der Waals surface area contributed by atoms with Gasteiger partial charge in [-0.25, -0.2) is 4.98 Å². The van der Waals surface area contributed by atoms with Crippen LogP contribution in [0.3, 0.4) is 0 Å². The summed E-state index contributed by atoms with van der Waals surface area (Å²) in [6.07, 6.45) is 0. The van der Waals surface area contributed by atoms with Gasteiger partial charge in [0.1, 0.15) is 0 Å². The van der Waals surface area contributed by atoms with Gasteiger partial charge in [-0.2, -0.15) is 0 Å². The monoisotopic (exact) mass is 288 g/mol. The van der Waals surface area contributed by atoms with Crippen LogP contribution in [0, 0.1) is 0 Å². The molecule has 1 aliphatic heterocycles. The van der Waals surface area contributed by atoms with Crippen molar-refractivity contribution < 1.29 is 4.74 Å². The molecule has 2 heterocycles. The molecule has 2 aromatic rings. The van der Waals surface area contributed by atoms with E-state index in [1.807, 2.05) is 18.2 Å². The number of benzene rings is 1. The molecule has 3 rings (SSSR count). The van der Waals surface area contributed by atoms with Crippen LogP contribution in [0.15, 0.2) is 29.1 Å². The molecule has 0 spiro atoms. The second-order valence-electron chi connectivity index (χ2n) is 5.31. The fraction of sp³-hybridized carbons (Fsp3) is 0.467. The summed E-state index contributed by atoms with van der Waals surface area (Å²) in [4.78, 5) is 21.6. The minimum Gasteiger partial charge on any atom is -0.379 e. The summed E-state index contributed by atoms with van der Waals surface area (Å²) in [5.41, 5.74) is 0.602. The minimum atomic E-state index is -0.109. The Labute approximate surface area is 123 Å². The molecule has 0 saturated carbocycles. The highest BCUT2D eigenvalue weighted by atomic mass is 16.5. The maximum Gasteiger partial charge on any atom is 0.260 e. The molecule has 0 aliphatic carbocycles. The van der Waals surface area contributed by atoms with Gasteiger partial charge in [-0.3, -0.25) is 14.7 Å². The van der Waals surface area contributed by atoms with E-state index in [4.69, 9.17) is 4.74 Å². The summed E-state index contributed by atoms with van der Waals surface area (Å²) in [7, 11) is 0. The van der Waals surface area contributed by atoms with Crippen molar-refractivity contribution in [1.29, 1.82) is 0 Å². The van der Waals surface area contributed by atoms with Crippen LogP contribution >= 0.6 is 0 Å². The van der Waals surface area contributed by atoms with E-state index >= 15 is 0 Å². The topological polar surface area (TPSA) is 70.2 Å². The summed E-state index contributed by atoms with van der Waals surface area (Å²) in [6.45, 7) is 6.37. The first kappa shape index (κ1) is 14.0. The van der Waals surface area contributed by atoms with Crippen molar-refractivity contribution in [2.45, 2.75) is 13.0 Å². The fourth-order valence-corrected chi connectivity index (χ4v) is 2.56. The highest BCUT2D eigenvalue weighted by molar-refractivity contribution is 5.78. The molecule has 0 radical (unpaired) electrons. The normalized spacial score (nSPS) is 17.8. The van der Waals surface area contributed by atoms with Crippen LogP contribution < -0.4 is 10.9 Å². The van der Waals surface area contributed by atoms with E-state index in [0.717, 1.165) is 32.8 Å². The lowest BCUT2D eigenvalue weighted by atomic mass is 10.2.